The minimum atomic E-state index is 0.516. The summed E-state index contributed by atoms with van der Waals surface area (Å²) in [5.41, 5.74) is 11.1. The number of nitrogens with zero attached hydrogens (tertiary/aromatic N) is 4. The Morgan fingerprint density at radius 2 is 0.954 bits per heavy atom. The molecule has 0 aliphatic rings. The Hall–Kier alpha value is -8.87. The lowest BCUT2D eigenvalue weighted by Crippen LogP contribution is -2.01. The van der Waals surface area contributed by atoms with E-state index in [1.807, 2.05) is 48.5 Å². The summed E-state index contributed by atoms with van der Waals surface area (Å²) in [5, 5.41) is 11.3. The predicted octanol–water partition coefficient (Wildman–Crippen LogP) is 15.7. The van der Waals surface area contributed by atoms with Gasteiger partial charge in [0, 0.05) is 38.1 Å². The molecule has 65 heavy (non-hydrogen) atoms. The minimum Gasteiger partial charge on any atom is -0.456 e. The molecule has 0 aliphatic heterocycles. The number of benzene rings is 10. The Bertz CT molecular complexity index is 4250. The molecular formula is C59H34N4O2. The fraction of sp³-hybridized carbons (Fsp3) is 0. The number of aromatic nitrogens is 4. The molecule has 302 valence electrons. The molecule has 10 aromatic carbocycles. The third kappa shape index (κ3) is 5.51. The van der Waals surface area contributed by atoms with Gasteiger partial charge in [-0.3, -0.25) is 0 Å². The van der Waals surface area contributed by atoms with Crippen LogP contribution in [0.5, 0.6) is 0 Å². The maximum Gasteiger partial charge on any atom is 0.167 e. The molecule has 0 aliphatic carbocycles. The number of furan rings is 2. The van der Waals surface area contributed by atoms with Gasteiger partial charge in [-0.1, -0.05) is 140 Å². The van der Waals surface area contributed by atoms with E-state index in [2.05, 4.69) is 162 Å². The van der Waals surface area contributed by atoms with E-state index in [-0.39, 0.29) is 0 Å². The largest absolute Gasteiger partial charge is 0.456 e. The highest BCUT2D eigenvalue weighted by Gasteiger charge is 2.24. The van der Waals surface area contributed by atoms with Crippen LogP contribution in [-0.2, 0) is 0 Å². The van der Waals surface area contributed by atoms with Gasteiger partial charge in [-0.2, -0.15) is 0 Å². The van der Waals surface area contributed by atoms with Crippen molar-refractivity contribution in [2.45, 2.75) is 0 Å². The third-order valence-electron chi connectivity index (χ3n) is 13.0. The summed E-state index contributed by atoms with van der Waals surface area (Å²) in [6.07, 6.45) is 0. The Morgan fingerprint density at radius 1 is 0.323 bits per heavy atom. The molecule has 0 atom stereocenters. The van der Waals surface area contributed by atoms with Crippen molar-refractivity contribution in [2.24, 2.45) is 0 Å². The highest BCUT2D eigenvalue weighted by Crippen LogP contribution is 2.45. The number of hydrogen-bond donors (Lipinski definition) is 0. The van der Waals surface area contributed by atoms with Gasteiger partial charge in [-0.25, -0.2) is 15.0 Å². The molecule has 0 amide bonds. The van der Waals surface area contributed by atoms with Crippen molar-refractivity contribution in [3.63, 3.8) is 0 Å². The van der Waals surface area contributed by atoms with Crippen LogP contribution >= 0.6 is 0 Å². The Morgan fingerprint density at radius 3 is 1.78 bits per heavy atom. The SMILES string of the molecule is c1ccc(-c2cccc(-c3nc(-c4ccc5oc6ccccc6c5c4)nc(-c4ccc(-n5c6cc7ccccc7cc6c6c7ccccc7ccc65)c5c4oc4ccccc45)n3)c2)cc1. The Kier molecular flexibility index (Phi) is 7.59. The summed E-state index contributed by atoms with van der Waals surface area (Å²) in [4.78, 5) is 15.8. The average Bonchev–Trinajstić information content (AvgIpc) is 4.05. The van der Waals surface area contributed by atoms with Crippen molar-refractivity contribution in [3.05, 3.63) is 206 Å². The first-order chi connectivity index (χ1) is 32.2. The second kappa shape index (κ2) is 13.8. The molecular weight excluding hydrogens is 797 g/mol. The first-order valence-electron chi connectivity index (χ1n) is 21.8. The van der Waals surface area contributed by atoms with E-state index in [9.17, 15) is 0 Å². The number of rotatable bonds is 5. The smallest absolute Gasteiger partial charge is 0.167 e. The van der Waals surface area contributed by atoms with E-state index in [1.54, 1.807) is 0 Å². The fourth-order valence-corrected chi connectivity index (χ4v) is 9.99. The van der Waals surface area contributed by atoms with Gasteiger partial charge in [0.2, 0.25) is 0 Å². The van der Waals surface area contributed by atoms with E-state index in [4.69, 9.17) is 23.8 Å². The van der Waals surface area contributed by atoms with Gasteiger partial charge in [0.05, 0.1) is 27.7 Å². The number of fused-ring (bicyclic) bond motifs is 12. The molecule has 6 nitrogen and oxygen atoms in total. The molecule has 0 spiro atoms. The highest BCUT2D eigenvalue weighted by atomic mass is 16.3. The van der Waals surface area contributed by atoms with E-state index in [1.165, 1.54) is 32.3 Å². The van der Waals surface area contributed by atoms with Gasteiger partial charge in [-0.15, -0.1) is 0 Å². The fourth-order valence-electron chi connectivity index (χ4n) is 9.99. The van der Waals surface area contributed by atoms with Crippen LogP contribution in [0.4, 0.5) is 0 Å². The van der Waals surface area contributed by atoms with Crippen LogP contribution in [0.15, 0.2) is 215 Å². The van der Waals surface area contributed by atoms with Gasteiger partial charge in [0.1, 0.15) is 22.3 Å². The maximum absolute atomic E-state index is 6.98. The van der Waals surface area contributed by atoms with E-state index >= 15 is 0 Å². The Labute approximate surface area is 371 Å². The van der Waals surface area contributed by atoms with Crippen molar-refractivity contribution in [3.8, 4) is 51.0 Å². The normalized spacial score (nSPS) is 12.0. The molecule has 14 rings (SSSR count). The topological polar surface area (TPSA) is 69.9 Å². The Balaban J connectivity index is 1.05. The van der Waals surface area contributed by atoms with Crippen LogP contribution in [0.3, 0.4) is 0 Å². The summed E-state index contributed by atoms with van der Waals surface area (Å²) < 4.78 is 15.6. The molecule has 6 heteroatoms. The maximum atomic E-state index is 6.98. The second-order valence-electron chi connectivity index (χ2n) is 16.7. The van der Waals surface area contributed by atoms with Gasteiger partial charge in [0.25, 0.3) is 0 Å². The van der Waals surface area contributed by atoms with Gasteiger partial charge >= 0.3 is 0 Å². The zero-order valence-electron chi connectivity index (χ0n) is 34.7. The number of para-hydroxylation sites is 2. The van der Waals surface area contributed by atoms with Crippen molar-refractivity contribution in [2.75, 3.05) is 0 Å². The summed E-state index contributed by atoms with van der Waals surface area (Å²) in [5.74, 6) is 1.63. The summed E-state index contributed by atoms with van der Waals surface area (Å²) in [7, 11) is 0. The van der Waals surface area contributed by atoms with Crippen LogP contribution < -0.4 is 0 Å². The quantitative estimate of drug-likeness (QED) is 0.173. The van der Waals surface area contributed by atoms with Crippen molar-refractivity contribution in [1.82, 2.24) is 19.5 Å². The van der Waals surface area contributed by atoms with E-state index < -0.39 is 0 Å². The minimum absolute atomic E-state index is 0.516. The first kappa shape index (κ1) is 35.7. The van der Waals surface area contributed by atoms with Crippen molar-refractivity contribution in [1.29, 1.82) is 0 Å². The predicted molar refractivity (Wildman–Crippen MR) is 265 cm³/mol. The molecule has 0 fully saturated rings. The second-order valence-corrected chi connectivity index (χ2v) is 16.7. The molecule has 0 radical (unpaired) electrons. The molecule has 0 saturated carbocycles. The number of hydrogen-bond acceptors (Lipinski definition) is 5. The van der Waals surface area contributed by atoms with Gasteiger partial charge < -0.3 is 13.4 Å². The van der Waals surface area contributed by atoms with E-state index in [0.29, 0.717) is 23.1 Å². The van der Waals surface area contributed by atoms with Gasteiger partial charge in [0.15, 0.2) is 17.5 Å². The molecule has 4 aromatic heterocycles. The molecule has 0 saturated heterocycles. The first-order valence-corrected chi connectivity index (χ1v) is 21.8. The van der Waals surface area contributed by atoms with Gasteiger partial charge in [-0.05, 0) is 99.4 Å². The average molecular weight is 831 g/mol. The summed E-state index contributed by atoms with van der Waals surface area (Å²) >= 11 is 0. The third-order valence-corrected chi connectivity index (χ3v) is 13.0. The molecule has 14 aromatic rings. The lowest BCUT2D eigenvalue weighted by atomic mass is 10.0. The standard InChI is InChI=1S/C59H34N4O2/c1-2-13-35(14-3-1)37-18-12-19-40(31-37)57-60-58(41-26-30-53-46(33-41)43-21-8-10-23-51(43)64-53)62-59(61-57)45-27-29-49(55-44-22-9-11-24-52(44)65-56(45)55)63-48-28-25-36-15-6-7-20-42(36)54(48)47-32-38-16-4-5-17-39(38)34-50(47)63/h1-34H. The van der Waals surface area contributed by atoms with Crippen LogP contribution in [-0.4, -0.2) is 19.5 Å². The van der Waals surface area contributed by atoms with Crippen molar-refractivity contribution < 1.29 is 8.83 Å². The van der Waals surface area contributed by atoms with Crippen LogP contribution in [0, 0.1) is 0 Å². The lowest BCUT2D eigenvalue weighted by Gasteiger charge is -2.13. The van der Waals surface area contributed by atoms with Crippen LogP contribution in [0.25, 0.3) is 138 Å². The molecule has 0 unspecified atom stereocenters. The summed E-state index contributed by atoms with van der Waals surface area (Å²) in [6.45, 7) is 0. The van der Waals surface area contributed by atoms with Crippen LogP contribution in [0.1, 0.15) is 0 Å². The zero-order chi connectivity index (χ0) is 42.6. The molecule has 0 bridgehead atoms. The zero-order valence-corrected chi connectivity index (χ0v) is 34.7. The lowest BCUT2D eigenvalue weighted by molar-refractivity contribution is 0.669. The highest BCUT2D eigenvalue weighted by molar-refractivity contribution is 6.24. The van der Waals surface area contributed by atoms with Crippen LogP contribution in [0.2, 0.25) is 0 Å². The summed E-state index contributed by atoms with van der Waals surface area (Å²) in [6, 6.07) is 72.2. The molecule has 0 N–H and O–H groups in total. The monoisotopic (exact) mass is 830 g/mol. The van der Waals surface area contributed by atoms with E-state index in [0.717, 1.165) is 82.8 Å². The molecule has 4 heterocycles. The van der Waals surface area contributed by atoms with Crippen molar-refractivity contribution >= 4 is 87.2 Å².